The van der Waals surface area contributed by atoms with Crippen molar-refractivity contribution >= 4 is 5.91 Å². The van der Waals surface area contributed by atoms with Gasteiger partial charge in [0.05, 0.1) is 5.56 Å². The highest BCUT2D eigenvalue weighted by Gasteiger charge is 2.22. The van der Waals surface area contributed by atoms with Gasteiger partial charge in [-0.3, -0.25) is 9.59 Å². The third kappa shape index (κ3) is 1.61. The number of nitrogens with two attached hydrogens (primary N) is 1. The van der Waals surface area contributed by atoms with Gasteiger partial charge in [-0.05, 0) is 0 Å². The molecule has 0 aliphatic heterocycles. The molecule has 1 aromatic heterocycles. The Hall–Kier alpha value is -1.79. The summed E-state index contributed by atoms with van der Waals surface area (Å²) < 4.78 is 37.3. The van der Waals surface area contributed by atoms with E-state index in [4.69, 9.17) is 0 Å². The van der Waals surface area contributed by atoms with Gasteiger partial charge in [0, 0.05) is 6.20 Å². The van der Waals surface area contributed by atoms with Crippen LogP contribution >= 0.6 is 0 Å². The average Bonchev–Trinajstić information content (AvgIpc) is 2.02. The van der Waals surface area contributed by atoms with Gasteiger partial charge < -0.3 is 10.7 Å². The van der Waals surface area contributed by atoms with Gasteiger partial charge in [-0.25, -0.2) is 13.2 Å². The molecule has 4 nitrogen and oxygen atoms in total. The summed E-state index contributed by atoms with van der Waals surface area (Å²) in [6.45, 7) is 0. The number of hydrogen-bond donors (Lipinski definition) is 2. The number of pyridine rings is 1. The maximum atomic E-state index is 13.0. The molecule has 0 saturated carbocycles. The van der Waals surface area contributed by atoms with E-state index in [-0.39, 0.29) is 0 Å². The second-order valence-corrected chi connectivity index (χ2v) is 2.42. The minimum absolute atomic E-state index is 0.659. The van der Waals surface area contributed by atoms with Crippen LogP contribution in [0.2, 0.25) is 0 Å². The van der Waals surface area contributed by atoms with Crippen molar-refractivity contribution in [3.05, 3.63) is 33.5 Å². The van der Waals surface area contributed by atoms with E-state index < -0.39 is 34.8 Å². The Bertz CT molecular complexity index is 427. The number of halogens is 3. The summed E-state index contributed by atoms with van der Waals surface area (Å²) in [5, 5.41) is 0. The van der Waals surface area contributed by atoms with Crippen LogP contribution in [0.25, 0.3) is 0 Å². The summed E-state index contributed by atoms with van der Waals surface area (Å²) >= 11 is 0. The van der Waals surface area contributed by atoms with E-state index in [1.807, 2.05) is 0 Å². The number of carbonyl (C=O) groups excluding carboxylic acids is 1. The molecule has 0 aliphatic rings. The first-order valence-corrected chi connectivity index (χ1v) is 3.44. The Morgan fingerprint density at radius 1 is 1.50 bits per heavy atom. The van der Waals surface area contributed by atoms with Gasteiger partial charge in [-0.1, -0.05) is 0 Å². The summed E-state index contributed by atoms with van der Waals surface area (Å²) in [5.74, 6) is -2.79. The first-order valence-electron chi connectivity index (χ1n) is 3.44. The van der Waals surface area contributed by atoms with Crippen molar-refractivity contribution in [2.45, 2.75) is 6.43 Å². The molecule has 0 saturated heterocycles. The van der Waals surface area contributed by atoms with E-state index in [9.17, 15) is 22.8 Å². The van der Waals surface area contributed by atoms with Gasteiger partial charge in [0.2, 0.25) is 0 Å². The first-order chi connectivity index (χ1) is 6.45. The molecule has 3 N–H and O–H groups in total. The van der Waals surface area contributed by atoms with E-state index in [2.05, 4.69) is 5.73 Å². The molecule has 1 aromatic rings. The Morgan fingerprint density at radius 2 is 2.07 bits per heavy atom. The summed E-state index contributed by atoms with van der Waals surface area (Å²) in [5.41, 5.74) is 1.27. The van der Waals surface area contributed by atoms with Crippen molar-refractivity contribution < 1.29 is 18.0 Å². The predicted molar refractivity (Wildman–Crippen MR) is 40.5 cm³/mol. The van der Waals surface area contributed by atoms with Crippen LogP contribution in [0.5, 0.6) is 0 Å². The van der Waals surface area contributed by atoms with Gasteiger partial charge in [0.25, 0.3) is 17.9 Å². The second-order valence-electron chi connectivity index (χ2n) is 2.42. The number of carbonyl (C=O) groups is 1. The molecule has 1 heterocycles. The fraction of sp³-hybridized carbons (Fsp3) is 0.143. The summed E-state index contributed by atoms with van der Waals surface area (Å²) in [7, 11) is 0. The second kappa shape index (κ2) is 3.52. The lowest BCUT2D eigenvalue weighted by molar-refractivity contribution is 0.0994. The molecule has 0 aliphatic carbocycles. The monoisotopic (exact) mass is 206 g/mol. The molecule has 7 heteroatoms. The number of rotatable bonds is 2. The molecule has 0 radical (unpaired) electrons. The maximum Gasteiger partial charge on any atom is 0.272 e. The highest BCUT2D eigenvalue weighted by atomic mass is 19.3. The quantitative estimate of drug-likeness (QED) is 0.741. The Morgan fingerprint density at radius 3 is 2.50 bits per heavy atom. The van der Waals surface area contributed by atoms with Gasteiger partial charge in [-0.15, -0.1) is 0 Å². The standard InChI is InChI=1S/C7H5F3N2O2/c8-4-2(6(11)13)1-12-7(14)3(4)5(9)10/h1,5H,(H2,11,13)(H,12,14). The Kier molecular flexibility index (Phi) is 2.59. The molecule has 1 rings (SSSR count). The fourth-order valence-electron chi connectivity index (χ4n) is 0.898. The third-order valence-electron chi connectivity index (χ3n) is 1.55. The van der Waals surface area contributed by atoms with Crippen LogP contribution in [-0.4, -0.2) is 10.9 Å². The van der Waals surface area contributed by atoms with Gasteiger partial charge >= 0.3 is 0 Å². The molecule has 0 aromatic carbocycles. The number of hydrogen-bond acceptors (Lipinski definition) is 2. The number of amides is 1. The zero-order valence-corrected chi connectivity index (χ0v) is 6.68. The van der Waals surface area contributed by atoms with Crippen molar-refractivity contribution in [1.82, 2.24) is 4.98 Å². The summed E-state index contributed by atoms with van der Waals surface area (Å²) in [4.78, 5) is 23.0. The van der Waals surface area contributed by atoms with Crippen LogP contribution < -0.4 is 11.3 Å². The number of H-pyrrole nitrogens is 1. The molecule has 14 heavy (non-hydrogen) atoms. The molecule has 0 atom stereocenters. The van der Waals surface area contributed by atoms with E-state index in [1.165, 1.54) is 0 Å². The normalized spacial score (nSPS) is 10.6. The number of alkyl halides is 2. The van der Waals surface area contributed by atoms with Crippen molar-refractivity contribution in [1.29, 1.82) is 0 Å². The van der Waals surface area contributed by atoms with Gasteiger partial charge in [-0.2, -0.15) is 0 Å². The van der Waals surface area contributed by atoms with Crippen molar-refractivity contribution in [3.63, 3.8) is 0 Å². The van der Waals surface area contributed by atoms with Crippen molar-refractivity contribution in [2.75, 3.05) is 0 Å². The molecule has 0 fully saturated rings. The predicted octanol–water partition coefficient (Wildman–Crippen LogP) is 0.550. The molecule has 0 spiro atoms. The van der Waals surface area contributed by atoms with Crippen molar-refractivity contribution in [2.24, 2.45) is 5.73 Å². The average molecular weight is 206 g/mol. The lowest BCUT2D eigenvalue weighted by Gasteiger charge is -2.03. The number of aromatic nitrogens is 1. The zero-order valence-electron chi connectivity index (χ0n) is 6.68. The largest absolute Gasteiger partial charge is 0.365 e. The lowest BCUT2D eigenvalue weighted by Crippen LogP contribution is -2.22. The van der Waals surface area contributed by atoms with Crippen LogP contribution in [0.3, 0.4) is 0 Å². The first kappa shape index (κ1) is 10.3. The Labute approximate surface area is 75.5 Å². The minimum atomic E-state index is -3.29. The van der Waals surface area contributed by atoms with Crippen LogP contribution in [0.15, 0.2) is 11.0 Å². The molecule has 1 amide bonds. The summed E-state index contributed by atoms with van der Waals surface area (Å²) in [6, 6.07) is 0. The van der Waals surface area contributed by atoms with Crippen LogP contribution in [0, 0.1) is 5.82 Å². The van der Waals surface area contributed by atoms with Gasteiger partial charge in [0.1, 0.15) is 5.56 Å². The maximum absolute atomic E-state index is 13.0. The number of primary amides is 1. The molecule has 76 valence electrons. The van der Waals surface area contributed by atoms with E-state index in [0.717, 1.165) is 0 Å². The molecular weight excluding hydrogens is 201 g/mol. The van der Waals surface area contributed by atoms with Crippen LogP contribution in [-0.2, 0) is 0 Å². The highest BCUT2D eigenvalue weighted by molar-refractivity contribution is 5.92. The Balaban J connectivity index is 3.49. The highest BCUT2D eigenvalue weighted by Crippen LogP contribution is 2.19. The minimum Gasteiger partial charge on any atom is -0.365 e. The number of aromatic amines is 1. The lowest BCUT2D eigenvalue weighted by atomic mass is 10.2. The fourth-order valence-corrected chi connectivity index (χ4v) is 0.898. The van der Waals surface area contributed by atoms with E-state index in [1.54, 1.807) is 4.98 Å². The molecule has 0 unspecified atom stereocenters. The third-order valence-corrected chi connectivity index (χ3v) is 1.55. The van der Waals surface area contributed by atoms with Crippen molar-refractivity contribution in [3.8, 4) is 0 Å². The smallest absolute Gasteiger partial charge is 0.272 e. The number of nitrogens with one attached hydrogen (secondary N) is 1. The van der Waals surface area contributed by atoms with Crippen LogP contribution in [0.1, 0.15) is 22.3 Å². The van der Waals surface area contributed by atoms with Gasteiger partial charge in [0.15, 0.2) is 5.82 Å². The van der Waals surface area contributed by atoms with Crippen LogP contribution in [0.4, 0.5) is 13.2 Å². The van der Waals surface area contributed by atoms with E-state index >= 15 is 0 Å². The SMILES string of the molecule is NC(=O)c1c[nH]c(=O)c(C(F)F)c1F. The summed E-state index contributed by atoms with van der Waals surface area (Å²) in [6.07, 6.45) is -2.63. The zero-order chi connectivity index (χ0) is 10.9. The topological polar surface area (TPSA) is 76.0 Å². The molecular formula is C7H5F3N2O2. The van der Waals surface area contributed by atoms with E-state index in [0.29, 0.717) is 6.20 Å². The molecule has 0 bridgehead atoms.